The zero-order valence-electron chi connectivity index (χ0n) is 11.5. The van der Waals surface area contributed by atoms with Crippen molar-refractivity contribution in [1.82, 2.24) is 10.6 Å². The number of nitrogens with zero attached hydrogens (tertiary/aromatic N) is 1. The molecular formula is C14H19N3O2. The highest BCUT2D eigenvalue weighted by Gasteiger charge is 2.33. The molecule has 0 saturated carbocycles. The Balaban J connectivity index is 2.13. The number of nitrogens with one attached hydrogen (secondary N) is 2. The quantitative estimate of drug-likeness (QED) is 0.844. The highest BCUT2D eigenvalue weighted by atomic mass is 16.2. The van der Waals surface area contributed by atoms with Gasteiger partial charge in [0.2, 0.25) is 5.91 Å². The summed E-state index contributed by atoms with van der Waals surface area (Å²) >= 11 is 0. The maximum atomic E-state index is 12.2. The molecule has 1 aromatic rings. The lowest BCUT2D eigenvalue weighted by Gasteiger charge is -2.18. The number of carbonyl (C=O) groups excluding carboxylic acids is 2. The Hall–Kier alpha value is -2.04. The number of anilines is 1. The van der Waals surface area contributed by atoms with Gasteiger partial charge in [0.15, 0.2) is 0 Å². The van der Waals surface area contributed by atoms with Crippen LogP contribution >= 0.6 is 0 Å². The standard InChI is InChI=1S/C14H19N3O2/c1-9-4-5-11(8-10(9)2)17-7-6-12(13(17)18)16-14(19)15-3/h4-5,8,12H,6-7H2,1-3H3,(H2,15,16,19)/t12-/m0/s1. The molecule has 19 heavy (non-hydrogen) atoms. The van der Waals surface area contributed by atoms with Gasteiger partial charge in [-0.1, -0.05) is 6.07 Å². The van der Waals surface area contributed by atoms with Crippen molar-refractivity contribution in [2.45, 2.75) is 26.3 Å². The van der Waals surface area contributed by atoms with Crippen LogP contribution in [0.4, 0.5) is 10.5 Å². The molecule has 0 radical (unpaired) electrons. The van der Waals surface area contributed by atoms with Crippen molar-refractivity contribution in [1.29, 1.82) is 0 Å². The highest BCUT2D eigenvalue weighted by Crippen LogP contribution is 2.23. The van der Waals surface area contributed by atoms with Crippen LogP contribution in [-0.4, -0.2) is 31.6 Å². The number of hydrogen-bond donors (Lipinski definition) is 2. The Labute approximate surface area is 113 Å². The van der Waals surface area contributed by atoms with Crippen LogP contribution in [-0.2, 0) is 4.79 Å². The predicted octanol–water partition coefficient (Wildman–Crippen LogP) is 1.34. The van der Waals surface area contributed by atoms with Crippen LogP contribution in [0.2, 0.25) is 0 Å². The van der Waals surface area contributed by atoms with Crippen molar-refractivity contribution < 1.29 is 9.59 Å². The number of rotatable bonds is 2. The molecule has 5 nitrogen and oxygen atoms in total. The highest BCUT2D eigenvalue weighted by molar-refractivity contribution is 6.01. The molecular weight excluding hydrogens is 242 g/mol. The normalized spacial score (nSPS) is 18.6. The first-order chi connectivity index (χ1) is 9.02. The predicted molar refractivity (Wildman–Crippen MR) is 74.3 cm³/mol. The molecule has 0 aliphatic carbocycles. The summed E-state index contributed by atoms with van der Waals surface area (Å²) in [5, 5.41) is 5.13. The van der Waals surface area contributed by atoms with Crippen LogP contribution in [0.25, 0.3) is 0 Å². The summed E-state index contributed by atoms with van der Waals surface area (Å²) in [6.45, 7) is 4.70. The van der Waals surface area contributed by atoms with Crippen molar-refractivity contribution in [2.75, 3.05) is 18.5 Å². The number of benzene rings is 1. The molecule has 0 spiro atoms. The summed E-state index contributed by atoms with van der Waals surface area (Å²) in [6.07, 6.45) is 0.638. The van der Waals surface area contributed by atoms with Crippen LogP contribution in [0, 0.1) is 13.8 Å². The first-order valence-electron chi connectivity index (χ1n) is 6.40. The molecule has 1 aromatic carbocycles. The molecule has 0 bridgehead atoms. The van der Waals surface area contributed by atoms with E-state index < -0.39 is 6.04 Å². The van der Waals surface area contributed by atoms with Gasteiger partial charge in [-0.3, -0.25) is 4.79 Å². The van der Waals surface area contributed by atoms with Crippen molar-refractivity contribution >= 4 is 17.6 Å². The first-order valence-corrected chi connectivity index (χ1v) is 6.40. The van der Waals surface area contributed by atoms with Crippen LogP contribution in [0.3, 0.4) is 0 Å². The average Bonchev–Trinajstić information content (AvgIpc) is 2.74. The van der Waals surface area contributed by atoms with E-state index in [2.05, 4.69) is 10.6 Å². The lowest BCUT2D eigenvalue weighted by molar-refractivity contribution is -0.118. The van der Waals surface area contributed by atoms with Gasteiger partial charge < -0.3 is 15.5 Å². The van der Waals surface area contributed by atoms with Crippen molar-refractivity contribution in [3.8, 4) is 0 Å². The Morgan fingerprint density at radius 2 is 2.05 bits per heavy atom. The maximum absolute atomic E-state index is 12.2. The Morgan fingerprint density at radius 1 is 1.32 bits per heavy atom. The van der Waals surface area contributed by atoms with Crippen LogP contribution < -0.4 is 15.5 Å². The number of hydrogen-bond acceptors (Lipinski definition) is 2. The van der Waals surface area contributed by atoms with Gasteiger partial charge in [-0.05, 0) is 43.5 Å². The first kappa shape index (κ1) is 13.4. The van der Waals surface area contributed by atoms with Gasteiger partial charge >= 0.3 is 6.03 Å². The zero-order valence-corrected chi connectivity index (χ0v) is 11.5. The molecule has 102 valence electrons. The topological polar surface area (TPSA) is 61.4 Å². The molecule has 1 heterocycles. The Bertz CT molecular complexity index is 513. The molecule has 1 aliphatic heterocycles. The molecule has 0 aromatic heterocycles. The minimum atomic E-state index is -0.429. The summed E-state index contributed by atoms with van der Waals surface area (Å²) in [6, 6.07) is 5.22. The van der Waals surface area contributed by atoms with Gasteiger partial charge in [-0.25, -0.2) is 4.79 Å². The third kappa shape index (κ3) is 2.70. The average molecular weight is 261 g/mol. The number of carbonyl (C=O) groups is 2. The van der Waals surface area contributed by atoms with Gasteiger partial charge in [0, 0.05) is 19.3 Å². The van der Waals surface area contributed by atoms with Gasteiger partial charge in [-0.2, -0.15) is 0 Å². The second kappa shape index (κ2) is 5.30. The van der Waals surface area contributed by atoms with E-state index in [0.717, 1.165) is 11.3 Å². The summed E-state index contributed by atoms with van der Waals surface area (Å²) < 4.78 is 0. The fraction of sp³-hybridized carbons (Fsp3) is 0.429. The molecule has 1 atom stereocenters. The minimum absolute atomic E-state index is 0.0492. The largest absolute Gasteiger partial charge is 0.341 e. The van der Waals surface area contributed by atoms with Crippen molar-refractivity contribution in [2.24, 2.45) is 0 Å². The van der Waals surface area contributed by atoms with Crippen LogP contribution in [0.15, 0.2) is 18.2 Å². The molecule has 2 N–H and O–H groups in total. The van der Waals surface area contributed by atoms with Crippen molar-refractivity contribution in [3.05, 3.63) is 29.3 Å². The van der Waals surface area contributed by atoms with Crippen LogP contribution in [0.5, 0.6) is 0 Å². The molecule has 1 fully saturated rings. The lowest BCUT2D eigenvalue weighted by Crippen LogP contribution is -2.45. The SMILES string of the molecule is CNC(=O)N[C@H]1CCN(c2ccc(C)c(C)c2)C1=O. The van der Waals surface area contributed by atoms with E-state index in [9.17, 15) is 9.59 Å². The molecule has 3 amide bonds. The fourth-order valence-corrected chi connectivity index (χ4v) is 2.19. The van der Waals surface area contributed by atoms with Gasteiger partial charge in [0.05, 0.1) is 0 Å². The summed E-state index contributed by atoms with van der Waals surface area (Å²) in [7, 11) is 1.54. The smallest absolute Gasteiger partial charge is 0.315 e. The van der Waals surface area contributed by atoms with Gasteiger partial charge in [0.25, 0.3) is 0 Å². The molecule has 5 heteroatoms. The molecule has 0 unspecified atom stereocenters. The third-order valence-corrected chi connectivity index (χ3v) is 3.54. The van der Waals surface area contributed by atoms with E-state index >= 15 is 0 Å². The second-order valence-electron chi connectivity index (χ2n) is 4.82. The van der Waals surface area contributed by atoms with E-state index in [-0.39, 0.29) is 11.9 Å². The second-order valence-corrected chi connectivity index (χ2v) is 4.82. The number of urea groups is 1. The van der Waals surface area contributed by atoms with E-state index in [1.54, 1.807) is 4.90 Å². The number of amides is 3. The molecule has 2 rings (SSSR count). The fourth-order valence-electron chi connectivity index (χ4n) is 2.19. The third-order valence-electron chi connectivity index (χ3n) is 3.54. The Kier molecular flexibility index (Phi) is 3.74. The molecule has 1 aliphatic rings. The zero-order chi connectivity index (χ0) is 14.0. The van der Waals surface area contributed by atoms with Crippen LogP contribution in [0.1, 0.15) is 17.5 Å². The van der Waals surface area contributed by atoms with E-state index in [4.69, 9.17) is 0 Å². The van der Waals surface area contributed by atoms with Gasteiger partial charge in [0.1, 0.15) is 6.04 Å². The van der Waals surface area contributed by atoms with E-state index in [1.807, 2.05) is 32.0 Å². The number of aryl methyl sites for hydroxylation is 2. The van der Waals surface area contributed by atoms with E-state index in [1.165, 1.54) is 12.6 Å². The monoisotopic (exact) mass is 261 g/mol. The van der Waals surface area contributed by atoms with Crippen molar-refractivity contribution in [3.63, 3.8) is 0 Å². The van der Waals surface area contributed by atoms with Gasteiger partial charge in [-0.15, -0.1) is 0 Å². The maximum Gasteiger partial charge on any atom is 0.315 e. The molecule has 1 saturated heterocycles. The Morgan fingerprint density at radius 3 is 2.68 bits per heavy atom. The summed E-state index contributed by atoms with van der Waals surface area (Å²) in [5.41, 5.74) is 3.26. The summed E-state index contributed by atoms with van der Waals surface area (Å²) in [5.74, 6) is -0.0492. The minimum Gasteiger partial charge on any atom is -0.341 e. The summed E-state index contributed by atoms with van der Waals surface area (Å²) in [4.78, 5) is 25.2. The van der Waals surface area contributed by atoms with E-state index in [0.29, 0.717) is 13.0 Å². The lowest BCUT2D eigenvalue weighted by atomic mass is 10.1.